The van der Waals surface area contributed by atoms with Gasteiger partial charge in [-0.2, -0.15) is 0 Å². The minimum Gasteiger partial charge on any atom is -0.494 e. The van der Waals surface area contributed by atoms with Gasteiger partial charge in [0.05, 0.1) is 7.11 Å². The van der Waals surface area contributed by atoms with Crippen LogP contribution < -0.4 is 15.0 Å². The fourth-order valence-corrected chi connectivity index (χ4v) is 3.95. The molecular weight excluding hydrogens is 442 g/mol. The lowest BCUT2D eigenvalue weighted by Crippen LogP contribution is -2.18. The Hall–Kier alpha value is -3.60. The zero-order chi connectivity index (χ0) is 23.5. The molecule has 4 aromatic heterocycles. The first-order valence-electron chi connectivity index (χ1n) is 10.4. The largest absolute Gasteiger partial charge is 0.494 e. The quantitative estimate of drug-likeness (QED) is 0.371. The zero-order valence-electron chi connectivity index (χ0n) is 19.0. The highest BCUT2D eigenvalue weighted by Crippen LogP contribution is 2.32. The minimum absolute atomic E-state index is 0.0707. The van der Waals surface area contributed by atoms with Gasteiger partial charge >= 0.3 is 0 Å². The molecule has 0 radical (unpaired) electrons. The first-order valence-corrected chi connectivity index (χ1v) is 11.3. The number of nitrogens with zero attached hydrogens (tertiary/aromatic N) is 5. The Morgan fingerprint density at radius 2 is 1.91 bits per heavy atom. The van der Waals surface area contributed by atoms with Crippen molar-refractivity contribution in [2.24, 2.45) is 0 Å². The van der Waals surface area contributed by atoms with Gasteiger partial charge in [0.1, 0.15) is 17.3 Å². The van der Waals surface area contributed by atoms with Gasteiger partial charge in [-0.05, 0) is 49.6 Å². The number of H-pyrrole nitrogens is 1. The molecule has 4 rings (SSSR count). The summed E-state index contributed by atoms with van der Waals surface area (Å²) in [6.07, 6.45) is 5.15. The second-order valence-corrected chi connectivity index (χ2v) is 8.83. The van der Waals surface area contributed by atoms with Crippen LogP contribution in [0.1, 0.15) is 36.9 Å². The molecule has 4 aromatic rings. The Bertz CT molecular complexity index is 1300. The van der Waals surface area contributed by atoms with Gasteiger partial charge in [0.25, 0.3) is 5.56 Å². The lowest BCUT2D eigenvalue weighted by Gasteiger charge is -2.19. The summed E-state index contributed by atoms with van der Waals surface area (Å²) in [5, 5.41) is 8.67. The highest BCUT2D eigenvalue weighted by molar-refractivity contribution is 8.01. The Morgan fingerprint density at radius 1 is 1.15 bits per heavy atom. The zero-order valence-corrected chi connectivity index (χ0v) is 19.8. The van der Waals surface area contributed by atoms with E-state index in [-0.39, 0.29) is 22.4 Å². The van der Waals surface area contributed by atoms with Gasteiger partial charge in [-0.3, -0.25) is 9.52 Å². The third-order valence-electron chi connectivity index (χ3n) is 5.21. The first kappa shape index (κ1) is 22.6. The van der Waals surface area contributed by atoms with Crippen molar-refractivity contribution in [1.29, 1.82) is 0 Å². The van der Waals surface area contributed by atoms with Gasteiger partial charge in [-0.1, -0.05) is 13.8 Å². The molecule has 4 heterocycles. The van der Waals surface area contributed by atoms with Crippen LogP contribution in [0.2, 0.25) is 0 Å². The van der Waals surface area contributed by atoms with E-state index in [9.17, 15) is 4.79 Å². The molecular formula is C22H25N7O3S. The molecule has 0 spiro atoms. The van der Waals surface area contributed by atoms with Crippen molar-refractivity contribution in [3.05, 3.63) is 64.3 Å². The smallest absolute Gasteiger partial charge is 0.276 e. The van der Waals surface area contributed by atoms with E-state index in [1.807, 2.05) is 32.3 Å². The number of ether oxygens (including phenoxy) is 1. The summed E-state index contributed by atoms with van der Waals surface area (Å²) in [6.45, 7) is 7.93. The Morgan fingerprint density at radius 3 is 2.58 bits per heavy atom. The number of nitrogens with one attached hydrogen (secondary N) is 2. The summed E-state index contributed by atoms with van der Waals surface area (Å²) >= 11 is 1.44. The predicted molar refractivity (Wildman–Crippen MR) is 127 cm³/mol. The van der Waals surface area contributed by atoms with E-state index in [4.69, 9.17) is 9.15 Å². The van der Waals surface area contributed by atoms with Crippen molar-refractivity contribution in [3.8, 4) is 23.0 Å². The molecule has 33 heavy (non-hydrogen) atoms. The number of rotatable bonds is 8. The van der Waals surface area contributed by atoms with Crippen LogP contribution in [-0.2, 0) is 0 Å². The predicted octanol–water partition coefficient (Wildman–Crippen LogP) is 3.88. The normalized spacial score (nSPS) is 13.0. The summed E-state index contributed by atoms with van der Waals surface area (Å²) in [4.78, 5) is 24.4. The van der Waals surface area contributed by atoms with E-state index in [0.29, 0.717) is 23.3 Å². The van der Waals surface area contributed by atoms with Crippen LogP contribution >= 0.6 is 11.9 Å². The number of aryl methyl sites for hydroxylation is 2. The van der Waals surface area contributed by atoms with E-state index < -0.39 is 0 Å². The van der Waals surface area contributed by atoms with Crippen molar-refractivity contribution in [1.82, 2.24) is 29.7 Å². The summed E-state index contributed by atoms with van der Waals surface area (Å²) in [5.74, 6) is 3.16. The Labute approximate surface area is 195 Å². The minimum atomic E-state index is -0.346. The van der Waals surface area contributed by atoms with Crippen LogP contribution in [0.3, 0.4) is 0 Å². The van der Waals surface area contributed by atoms with Gasteiger partial charge in [-0.25, -0.2) is 14.5 Å². The monoisotopic (exact) mass is 467 g/mol. The summed E-state index contributed by atoms with van der Waals surface area (Å²) in [7, 11) is 1.51. The number of anilines is 1. The lowest BCUT2D eigenvalue weighted by molar-refractivity contribution is 0.411. The number of furan rings is 1. The molecule has 0 amide bonds. The fourth-order valence-electron chi connectivity index (χ4n) is 3.20. The number of pyridine rings is 1. The van der Waals surface area contributed by atoms with Crippen LogP contribution in [0, 0.1) is 13.8 Å². The highest BCUT2D eigenvalue weighted by atomic mass is 32.2. The van der Waals surface area contributed by atoms with Crippen LogP contribution in [0.25, 0.3) is 17.3 Å². The Kier molecular flexibility index (Phi) is 6.50. The van der Waals surface area contributed by atoms with Crippen molar-refractivity contribution in [2.45, 2.75) is 38.9 Å². The van der Waals surface area contributed by atoms with E-state index in [1.165, 1.54) is 25.3 Å². The highest BCUT2D eigenvalue weighted by Gasteiger charge is 2.25. The standard InChI is InChI=1S/C22H25N7O3S/c1-12-10-24-19(25-11-12)14(3)15(4)33-28-22-27-26-20(17-7-6-13(2)32-17)29(22)18-16(31-5)8-9-23-21(18)30/h6-11,14-15H,1-5H3,(H,23,30)(H,27,28). The van der Waals surface area contributed by atoms with Crippen LogP contribution in [0.5, 0.6) is 5.75 Å². The van der Waals surface area contributed by atoms with Gasteiger partial charge in [0.2, 0.25) is 11.8 Å². The lowest BCUT2D eigenvalue weighted by atomic mass is 10.1. The van der Waals surface area contributed by atoms with Gasteiger partial charge < -0.3 is 14.1 Å². The average Bonchev–Trinajstić information content (AvgIpc) is 3.43. The molecule has 0 saturated heterocycles. The van der Waals surface area contributed by atoms with Crippen molar-refractivity contribution >= 4 is 17.9 Å². The Balaban J connectivity index is 1.68. The number of methoxy groups -OCH3 is 1. The second kappa shape index (κ2) is 9.49. The average molecular weight is 468 g/mol. The van der Waals surface area contributed by atoms with Gasteiger partial charge in [0, 0.05) is 29.8 Å². The molecule has 2 N–H and O–H groups in total. The van der Waals surface area contributed by atoms with E-state index in [2.05, 4.69) is 43.7 Å². The topological polar surface area (TPSA) is 124 Å². The summed E-state index contributed by atoms with van der Waals surface area (Å²) < 4.78 is 16.1. The van der Waals surface area contributed by atoms with Gasteiger partial charge in [-0.15, -0.1) is 10.2 Å². The number of aromatic nitrogens is 6. The van der Waals surface area contributed by atoms with E-state index in [1.54, 1.807) is 16.7 Å². The van der Waals surface area contributed by atoms with Crippen LogP contribution in [0.15, 0.2) is 46.0 Å². The third kappa shape index (κ3) is 4.63. The molecule has 0 aliphatic heterocycles. The van der Waals surface area contributed by atoms with E-state index in [0.717, 1.165) is 17.1 Å². The van der Waals surface area contributed by atoms with Crippen molar-refractivity contribution < 1.29 is 9.15 Å². The van der Waals surface area contributed by atoms with Crippen LogP contribution in [-0.4, -0.2) is 42.1 Å². The fraction of sp³-hybridized carbons (Fsp3) is 0.318. The maximum Gasteiger partial charge on any atom is 0.276 e. The molecule has 2 unspecified atom stereocenters. The molecule has 0 aliphatic rings. The maximum absolute atomic E-state index is 12.8. The van der Waals surface area contributed by atoms with Gasteiger partial charge in [0.15, 0.2) is 11.4 Å². The molecule has 0 bridgehead atoms. The number of aromatic amines is 1. The number of hydrogen-bond acceptors (Lipinski definition) is 9. The molecule has 0 aliphatic carbocycles. The van der Waals surface area contributed by atoms with E-state index >= 15 is 0 Å². The first-order chi connectivity index (χ1) is 15.9. The van der Waals surface area contributed by atoms with Crippen molar-refractivity contribution in [2.75, 3.05) is 11.8 Å². The molecule has 11 heteroatoms. The summed E-state index contributed by atoms with van der Waals surface area (Å²) in [6, 6.07) is 5.29. The molecule has 2 atom stereocenters. The van der Waals surface area contributed by atoms with Crippen molar-refractivity contribution in [3.63, 3.8) is 0 Å². The molecule has 0 fully saturated rings. The second-order valence-electron chi connectivity index (χ2n) is 7.65. The molecule has 10 nitrogen and oxygen atoms in total. The molecule has 0 saturated carbocycles. The SMILES string of the molecule is COc1cc[nH]c(=O)c1-n1c(NSC(C)C(C)c2ncc(C)cn2)nnc1-c1ccc(C)o1. The molecule has 0 aromatic carbocycles. The number of hydrogen-bond donors (Lipinski definition) is 2. The third-order valence-corrected chi connectivity index (χ3v) is 6.29. The van der Waals surface area contributed by atoms with Crippen LogP contribution in [0.4, 0.5) is 5.95 Å². The molecule has 172 valence electrons. The maximum atomic E-state index is 12.8. The summed E-state index contributed by atoms with van der Waals surface area (Å²) in [5.41, 5.74) is 0.918.